The van der Waals surface area contributed by atoms with Gasteiger partial charge >= 0.3 is 5.51 Å². The molecule has 148 valence electrons. The number of methoxy groups -OCH3 is 1. The summed E-state index contributed by atoms with van der Waals surface area (Å²) in [4.78, 5) is 0. The molecule has 0 unspecified atom stereocenters. The normalized spacial score (nSPS) is 12.2. The number of aromatic nitrogens is 1. The Morgan fingerprint density at radius 3 is 2.29 bits per heavy atom. The summed E-state index contributed by atoms with van der Waals surface area (Å²) in [5.74, 6) is 0.928. The topological polar surface area (TPSA) is 70.3 Å². The zero-order valence-corrected chi connectivity index (χ0v) is 16.3. The Morgan fingerprint density at radius 2 is 1.68 bits per heavy atom. The summed E-state index contributed by atoms with van der Waals surface area (Å²) in [6.45, 7) is 0. The molecule has 2 aromatic carbocycles. The zero-order chi connectivity index (χ0) is 20.7. The molecule has 5 nitrogen and oxygen atoms in total. The first-order valence-electron chi connectivity index (χ1n) is 7.83. The van der Waals surface area contributed by atoms with Crippen molar-refractivity contribution in [3.8, 4) is 5.75 Å². The van der Waals surface area contributed by atoms with Crippen LogP contribution in [0.5, 0.6) is 5.75 Å². The molecule has 28 heavy (non-hydrogen) atoms. The number of aryl methyl sites for hydroxylation is 1. The second-order valence-corrected chi connectivity index (χ2v) is 8.26. The van der Waals surface area contributed by atoms with Crippen LogP contribution < -0.4 is 9.30 Å². The number of hydrogen-bond donors (Lipinski definition) is 0. The average molecular weight is 429 g/mol. The fraction of sp³-hybridized carbons (Fsp3) is 0.167. The lowest BCUT2D eigenvalue weighted by molar-refractivity contribution is -0.616. The summed E-state index contributed by atoms with van der Waals surface area (Å²) < 4.78 is 69.3. The smallest absolute Gasteiger partial charge is 0.485 e. The number of rotatable bonds is 1. The lowest BCUT2D eigenvalue weighted by atomic mass is 10.1. The molecular formula is C18H14F3NO4S2. The van der Waals surface area contributed by atoms with Crippen molar-refractivity contribution >= 4 is 52.7 Å². The minimum atomic E-state index is -6.09. The molecule has 0 N–H and O–H groups in total. The second-order valence-electron chi connectivity index (χ2n) is 5.81. The molecule has 2 aromatic heterocycles. The molecule has 0 saturated carbocycles. The number of nitrogens with zero attached hydrogens (tertiary/aromatic N) is 1. The largest absolute Gasteiger partial charge is 0.741 e. The number of alkyl halides is 3. The van der Waals surface area contributed by atoms with E-state index in [0.717, 1.165) is 11.1 Å². The van der Waals surface area contributed by atoms with E-state index in [4.69, 9.17) is 17.7 Å². The van der Waals surface area contributed by atoms with E-state index in [1.54, 1.807) is 7.11 Å². The van der Waals surface area contributed by atoms with Crippen LogP contribution in [-0.4, -0.2) is 25.6 Å². The van der Waals surface area contributed by atoms with Crippen LogP contribution >= 0.6 is 11.3 Å². The van der Waals surface area contributed by atoms with E-state index < -0.39 is 15.6 Å². The van der Waals surface area contributed by atoms with E-state index >= 15 is 0 Å². The summed E-state index contributed by atoms with van der Waals surface area (Å²) in [5, 5.41) is 2.48. The molecule has 4 rings (SSSR count). The summed E-state index contributed by atoms with van der Waals surface area (Å²) in [7, 11) is -2.24. The van der Waals surface area contributed by atoms with Crippen LogP contribution in [0.25, 0.3) is 31.2 Å². The number of hydrogen-bond acceptors (Lipinski definition) is 5. The van der Waals surface area contributed by atoms with Gasteiger partial charge in [0.2, 0.25) is 11.0 Å². The predicted molar refractivity (Wildman–Crippen MR) is 100 cm³/mol. The molecule has 0 spiro atoms. The van der Waals surface area contributed by atoms with Crippen molar-refractivity contribution in [1.29, 1.82) is 0 Å². The molecule has 0 radical (unpaired) electrons. The van der Waals surface area contributed by atoms with E-state index in [9.17, 15) is 13.2 Å². The summed E-state index contributed by atoms with van der Waals surface area (Å²) >= 11 is 1.83. The van der Waals surface area contributed by atoms with Gasteiger partial charge < -0.3 is 9.29 Å². The van der Waals surface area contributed by atoms with E-state index in [1.165, 1.54) is 25.8 Å². The van der Waals surface area contributed by atoms with Crippen LogP contribution in [0.4, 0.5) is 13.2 Å². The Balaban J connectivity index is 0.000000242. The maximum absolute atomic E-state index is 10.7. The van der Waals surface area contributed by atoms with Crippen LogP contribution in [0.2, 0.25) is 0 Å². The molecule has 2 heterocycles. The quantitative estimate of drug-likeness (QED) is 0.260. The van der Waals surface area contributed by atoms with Gasteiger partial charge in [-0.3, -0.25) is 0 Å². The second kappa shape index (κ2) is 7.19. The first-order chi connectivity index (χ1) is 13.0. The molecule has 10 heteroatoms. The summed E-state index contributed by atoms with van der Waals surface area (Å²) in [5.41, 5.74) is -3.15. The number of thiophene rings is 1. The highest BCUT2D eigenvalue weighted by atomic mass is 32.2. The molecule has 0 aliphatic heterocycles. The molecular weight excluding hydrogens is 415 g/mol. The Labute approximate surface area is 162 Å². The van der Waals surface area contributed by atoms with E-state index in [2.05, 4.69) is 48.0 Å². The monoisotopic (exact) mass is 429 g/mol. The highest BCUT2D eigenvalue weighted by Crippen LogP contribution is 2.35. The molecule has 4 aromatic rings. The number of ether oxygens (including phenoxy) is 1. The van der Waals surface area contributed by atoms with E-state index in [-0.39, 0.29) is 0 Å². The highest BCUT2D eigenvalue weighted by molar-refractivity contribution is 7.86. The number of benzene rings is 2. The van der Waals surface area contributed by atoms with Gasteiger partial charge in [-0.25, -0.2) is 8.42 Å². The Bertz CT molecular complexity index is 1280. The van der Waals surface area contributed by atoms with Crippen LogP contribution in [0.1, 0.15) is 0 Å². The third-order valence-corrected chi connectivity index (χ3v) is 5.79. The van der Waals surface area contributed by atoms with Crippen molar-refractivity contribution < 1.29 is 35.4 Å². The summed E-state index contributed by atoms with van der Waals surface area (Å²) in [6, 6.07) is 17.0. The van der Waals surface area contributed by atoms with Gasteiger partial charge in [0.1, 0.15) is 17.5 Å². The minimum Gasteiger partial charge on any atom is -0.741 e. The lowest BCUT2D eigenvalue weighted by Gasteiger charge is -2.08. The lowest BCUT2D eigenvalue weighted by Crippen LogP contribution is -2.29. The van der Waals surface area contributed by atoms with Gasteiger partial charge in [-0.05, 0) is 24.3 Å². The Morgan fingerprint density at radius 1 is 1.04 bits per heavy atom. The van der Waals surface area contributed by atoms with Crippen LogP contribution in [0.15, 0.2) is 48.5 Å². The maximum atomic E-state index is 10.7. The van der Waals surface area contributed by atoms with Crippen LogP contribution in [0, 0.1) is 0 Å². The molecule has 0 aliphatic carbocycles. The van der Waals surface area contributed by atoms with Crippen molar-refractivity contribution in [3.05, 3.63) is 48.5 Å². The third kappa shape index (κ3) is 3.62. The van der Waals surface area contributed by atoms with Gasteiger partial charge in [-0.15, -0.1) is 11.3 Å². The SMILES string of the molecule is COc1cccc2c1cc1sc3ccccc3c1[n+]2C.O=S(=O)([O-])C(F)(F)F. The Kier molecular flexibility index (Phi) is 5.22. The number of pyridine rings is 1. The zero-order valence-electron chi connectivity index (χ0n) is 14.6. The molecule has 0 bridgehead atoms. The molecule has 0 saturated heterocycles. The minimum absolute atomic E-state index is 0.928. The van der Waals surface area contributed by atoms with Gasteiger partial charge in [0.05, 0.1) is 17.9 Å². The van der Waals surface area contributed by atoms with Gasteiger partial charge in [-0.1, -0.05) is 18.2 Å². The summed E-state index contributed by atoms with van der Waals surface area (Å²) in [6.07, 6.45) is 0. The van der Waals surface area contributed by atoms with Crippen molar-refractivity contribution in [2.24, 2.45) is 7.05 Å². The van der Waals surface area contributed by atoms with Crippen molar-refractivity contribution in [2.75, 3.05) is 7.11 Å². The standard InChI is InChI=1S/C17H14NOS.CHF3O3S/c1-18-13-7-5-8-14(19-2)12(13)10-16-17(18)11-6-3-4-9-15(11)20-16;2-1(3,4)8(5,6)7/h3-10H,1-2H3;(H,5,6,7)/q+1;/p-1. The van der Waals surface area contributed by atoms with Crippen LogP contribution in [0.3, 0.4) is 0 Å². The van der Waals surface area contributed by atoms with Crippen molar-refractivity contribution in [1.82, 2.24) is 0 Å². The van der Waals surface area contributed by atoms with Crippen molar-refractivity contribution in [2.45, 2.75) is 5.51 Å². The predicted octanol–water partition coefficient (Wildman–Crippen LogP) is 4.09. The number of fused-ring (bicyclic) bond motifs is 4. The Hall–Kier alpha value is -2.43. The molecule has 0 atom stereocenters. The fourth-order valence-electron chi connectivity index (χ4n) is 2.89. The van der Waals surface area contributed by atoms with E-state index in [1.807, 2.05) is 23.5 Å². The third-order valence-electron chi connectivity index (χ3n) is 4.11. The highest BCUT2D eigenvalue weighted by Gasteiger charge is 2.36. The molecule has 0 amide bonds. The first-order valence-corrected chi connectivity index (χ1v) is 10.1. The number of halogens is 3. The van der Waals surface area contributed by atoms with Gasteiger partial charge in [0, 0.05) is 10.8 Å². The first kappa shape index (κ1) is 20.3. The van der Waals surface area contributed by atoms with Crippen molar-refractivity contribution in [3.63, 3.8) is 0 Å². The van der Waals surface area contributed by atoms with Gasteiger partial charge in [-0.2, -0.15) is 17.7 Å². The molecule has 0 fully saturated rings. The average Bonchev–Trinajstić information content (AvgIpc) is 2.99. The molecule has 0 aliphatic rings. The van der Waals surface area contributed by atoms with Gasteiger partial charge in [0.25, 0.3) is 0 Å². The maximum Gasteiger partial charge on any atom is 0.485 e. The van der Waals surface area contributed by atoms with Gasteiger partial charge in [0.15, 0.2) is 10.1 Å². The van der Waals surface area contributed by atoms with Crippen LogP contribution in [-0.2, 0) is 17.2 Å². The fourth-order valence-corrected chi connectivity index (χ4v) is 4.07. The van der Waals surface area contributed by atoms with E-state index in [0.29, 0.717) is 0 Å².